The van der Waals surface area contributed by atoms with Gasteiger partial charge in [0.25, 0.3) is 0 Å². The molecular weight excluding hydrogens is 262 g/mol. The third-order valence-corrected chi connectivity index (χ3v) is 4.39. The number of likely N-dealkylation sites (N-methyl/N-ethyl adjacent to an activating group) is 1. The Kier molecular flexibility index (Phi) is 5.62. The van der Waals surface area contributed by atoms with E-state index in [-0.39, 0.29) is 11.9 Å². The number of carbonyl (C=O) groups excluding carboxylic acids is 1. The van der Waals surface area contributed by atoms with Gasteiger partial charge in [-0.3, -0.25) is 4.79 Å². The molecule has 21 heavy (non-hydrogen) atoms. The second-order valence-electron chi connectivity index (χ2n) is 5.82. The molecule has 1 aromatic rings. The zero-order chi connectivity index (χ0) is 15.2. The molecule has 0 saturated heterocycles. The van der Waals surface area contributed by atoms with Gasteiger partial charge in [0.2, 0.25) is 5.91 Å². The molecule has 0 aromatic heterocycles. The van der Waals surface area contributed by atoms with Gasteiger partial charge in [0.1, 0.15) is 6.04 Å². The van der Waals surface area contributed by atoms with Gasteiger partial charge in [0.15, 0.2) is 0 Å². The fourth-order valence-electron chi connectivity index (χ4n) is 3.04. The molecule has 4 heteroatoms. The van der Waals surface area contributed by atoms with E-state index in [4.69, 9.17) is 5.73 Å². The zero-order valence-corrected chi connectivity index (χ0v) is 13.1. The van der Waals surface area contributed by atoms with Crippen molar-refractivity contribution in [1.29, 1.82) is 0 Å². The Morgan fingerprint density at radius 3 is 2.48 bits per heavy atom. The van der Waals surface area contributed by atoms with Crippen LogP contribution in [0.2, 0.25) is 0 Å². The summed E-state index contributed by atoms with van der Waals surface area (Å²) in [6.45, 7) is 5.41. The molecule has 116 valence electrons. The molecule has 0 aliphatic heterocycles. The number of nitrogens with two attached hydrogens (primary N) is 1. The first-order valence-corrected chi connectivity index (χ1v) is 8.01. The fraction of sp³-hybridized carbons (Fsp3) is 0.588. The van der Waals surface area contributed by atoms with E-state index in [1.807, 2.05) is 31.2 Å². The highest BCUT2D eigenvalue weighted by Crippen LogP contribution is 2.20. The first-order chi connectivity index (χ1) is 10.2. The average molecular weight is 289 g/mol. The van der Waals surface area contributed by atoms with E-state index < -0.39 is 0 Å². The molecule has 0 radical (unpaired) electrons. The maximum absolute atomic E-state index is 12.4. The predicted octanol–water partition coefficient (Wildman–Crippen LogP) is 2.42. The molecule has 1 amide bonds. The third kappa shape index (κ3) is 3.97. The lowest BCUT2D eigenvalue weighted by Gasteiger charge is -2.30. The molecule has 1 unspecified atom stereocenters. The highest BCUT2D eigenvalue weighted by molar-refractivity contribution is 5.85. The minimum atomic E-state index is -0.153. The lowest BCUT2D eigenvalue weighted by molar-refractivity contribution is -0.122. The second kappa shape index (κ2) is 7.46. The van der Waals surface area contributed by atoms with Crippen LogP contribution in [0, 0.1) is 0 Å². The lowest BCUT2D eigenvalue weighted by atomic mass is 10.1. The number of hydrogen-bond donors (Lipinski definition) is 2. The Hall–Kier alpha value is -1.55. The summed E-state index contributed by atoms with van der Waals surface area (Å²) in [6.07, 6.45) is 4.71. The number of rotatable bonds is 6. The Morgan fingerprint density at radius 2 is 1.95 bits per heavy atom. The van der Waals surface area contributed by atoms with Crippen LogP contribution in [0.4, 0.5) is 5.69 Å². The summed E-state index contributed by atoms with van der Waals surface area (Å²) in [7, 11) is 0. The van der Waals surface area contributed by atoms with Gasteiger partial charge in [-0.1, -0.05) is 25.0 Å². The number of nitrogens with zero attached hydrogens (tertiary/aromatic N) is 1. The Balaban J connectivity index is 2.02. The molecule has 1 saturated carbocycles. The maximum atomic E-state index is 12.4. The van der Waals surface area contributed by atoms with Crippen molar-refractivity contribution in [3.63, 3.8) is 0 Å². The van der Waals surface area contributed by atoms with Crippen LogP contribution in [0.3, 0.4) is 0 Å². The van der Waals surface area contributed by atoms with E-state index >= 15 is 0 Å². The van der Waals surface area contributed by atoms with E-state index in [2.05, 4.69) is 17.1 Å². The Labute approximate surface area is 127 Å². The third-order valence-electron chi connectivity index (χ3n) is 4.39. The average Bonchev–Trinajstić information content (AvgIpc) is 3.01. The van der Waals surface area contributed by atoms with Gasteiger partial charge >= 0.3 is 0 Å². The number of nitrogens with one attached hydrogen (secondary N) is 1. The van der Waals surface area contributed by atoms with Gasteiger partial charge < -0.3 is 16.0 Å². The van der Waals surface area contributed by atoms with Crippen molar-refractivity contribution in [2.75, 3.05) is 11.4 Å². The number of carbonyl (C=O) groups is 1. The van der Waals surface area contributed by atoms with Crippen LogP contribution < -0.4 is 16.0 Å². The first kappa shape index (κ1) is 15.8. The van der Waals surface area contributed by atoms with Crippen LogP contribution in [0.25, 0.3) is 0 Å². The molecule has 1 aliphatic rings. The Bertz CT molecular complexity index is 452. The molecule has 4 nitrogen and oxygen atoms in total. The largest absolute Gasteiger partial charge is 0.360 e. The highest BCUT2D eigenvalue weighted by Gasteiger charge is 2.24. The molecule has 1 aliphatic carbocycles. The molecular formula is C17H27N3O. The van der Waals surface area contributed by atoms with E-state index in [1.165, 1.54) is 12.8 Å². The predicted molar refractivity (Wildman–Crippen MR) is 87.2 cm³/mol. The number of hydrogen-bond acceptors (Lipinski definition) is 3. The summed E-state index contributed by atoms with van der Waals surface area (Å²) in [5.41, 5.74) is 7.81. The van der Waals surface area contributed by atoms with Crippen molar-refractivity contribution < 1.29 is 4.79 Å². The van der Waals surface area contributed by atoms with E-state index in [9.17, 15) is 4.79 Å². The van der Waals surface area contributed by atoms with Gasteiger partial charge in [-0.05, 0) is 44.4 Å². The first-order valence-electron chi connectivity index (χ1n) is 8.01. The van der Waals surface area contributed by atoms with Gasteiger partial charge in [-0.15, -0.1) is 0 Å². The minimum Gasteiger partial charge on any atom is -0.360 e. The van der Waals surface area contributed by atoms with Crippen molar-refractivity contribution in [3.8, 4) is 0 Å². The van der Waals surface area contributed by atoms with Gasteiger partial charge in [-0.25, -0.2) is 0 Å². The van der Waals surface area contributed by atoms with Gasteiger partial charge in [-0.2, -0.15) is 0 Å². The van der Waals surface area contributed by atoms with Crippen molar-refractivity contribution in [3.05, 3.63) is 29.8 Å². The van der Waals surface area contributed by atoms with Crippen LogP contribution in [0.1, 0.15) is 45.1 Å². The molecule has 1 atom stereocenters. The molecule has 0 bridgehead atoms. The van der Waals surface area contributed by atoms with Crippen LogP contribution in [0.5, 0.6) is 0 Å². The zero-order valence-electron chi connectivity index (χ0n) is 13.1. The summed E-state index contributed by atoms with van der Waals surface area (Å²) < 4.78 is 0. The van der Waals surface area contributed by atoms with Crippen molar-refractivity contribution in [2.24, 2.45) is 5.73 Å². The molecule has 3 N–H and O–H groups in total. The smallest absolute Gasteiger partial charge is 0.242 e. The molecule has 1 aromatic carbocycles. The number of benzene rings is 1. The van der Waals surface area contributed by atoms with E-state index in [0.717, 1.165) is 30.6 Å². The van der Waals surface area contributed by atoms with Crippen molar-refractivity contribution >= 4 is 11.6 Å². The monoisotopic (exact) mass is 289 g/mol. The molecule has 2 rings (SSSR count). The van der Waals surface area contributed by atoms with E-state index in [0.29, 0.717) is 12.6 Å². The molecule has 0 heterocycles. The number of amides is 1. The summed E-state index contributed by atoms with van der Waals surface area (Å²) in [6, 6.07) is 8.37. The normalized spacial score (nSPS) is 16.7. The van der Waals surface area contributed by atoms with Gasteiger partial charge in [0, 0.05) is 24.8 Å². The van der Waals surface area contributed by atoms with Crippen LogP contribution in [-0.2, 0) is 11.3 Å². The summed E-state index contributed by atoms with van der Waals surface area (Å²) in [5.74, 6) is 0.131. The summed E-state index contributed by atoms with van der Waals surface area (Å²) in [4.78, 5) is 14.6. The molecule has 1 fully saturated rings. The Morgan fingerprint density at radius 1 is 1.33 bits per heavy atom. The van der Waals surface area contributed by atoms with Crippen LogP contribution in [0.15, 0.2) is 24.3 Å². The van der Waals surface area contributed by atoms with Gasteiger partial charge in [0.05, 0.1) is 0 Å². The van der Waals surface area contributed by atoms with Crippen LogP contribution in [-0.4, -0.2) is 24.5 Å². The maximum Gasteiger partial charge on any atom is 0.242 e. The van der Waals surface area contributed by atoms with Crippen molar-refractivity contribution in [1.82, 2.24) is 5.32 Å². The molecule has 0 spiro atoms. The topological polar surface area (TPSA) is 58.4 Å². The lowest BCUT2D eigenvalue weighted by Crippen LogP contribution is -2.47. The quantitative estimate of drug-likeness (QED) is 0.845. The summed E-state index contributed by atoms with van der Waals surface area (Å²) >= 11 is 0. The summed E-state index contributed by atoms with van der Waals surface area (Å²) in [5, 5.41) is 3.19. The van der Waals surface area contributed by atoms with Crippen LogP contribution >= 0.6 is 0 Å². The van der Waals surface area contributed by atoms with E-state index in [1.54, 1.807) is 0 Å². The standard InChI is InChI=1S/C17H27N3O/c1-3-20(16-10-8-14(12-18)9-11-16)13(2)17(21)19-15-6-4-5-7-15/h8-11,13,15H,3-7,12,18H2,1-2H3,(H,19,21). The minimum absolute atomic E-state index is 0.131. The second-order valence-corrected chi connectivity index (χ2v) is 5.82. The SMILES string of the molecule is CCN(c1ccc(CN)cc1)C(C)C(=O)NC1CCCC1. The van der Waals surface area contributed by atoms with Crippen molar-refractivity contribution in [2.45, 2.75) is 58.2 Å². The highest BCUT2D eigenvalue weighted by atomic mass is 16.2. The number of anilines is 1. The fourth-order valence-corrected chi connectivity index (χ4v) is 3.04.